The summed E-state index contributed by atoms with van der Waals surface area (Å²) in [5, 5.41) is 11.6. The largest absolute Gasteiger partial charge is 0.512 e. The number of hydrogen-bond acceptors (Lipinski definition) is 3. The molecule has 0 heterocycles. The van der Waals surface area contributed by atoms with Crippen LogP contribution in [0.3, 0.4) is 0 Å². The molecule has 0 aromatic heterocycles. The highest BCUT2D eigenvalue weighted by Gasteiger charge is 2.05. The van der Waals surface area contributed by atoms with E-state index in [0.717, 1.165) is 11.6 Å². The number of carbonyl (C=O) groups is 1. The Morgan fingerprint density at radius 2 is 2.19 bits per heavy atom. The topological polar surface area (TPSA) is 58.6 Å². The molecular formula is C12H15NO3. The zero-order valence-corrected chi connectivity index (χ0v) is 9.57. The second kappa shape index (κ2) is 5.21. The van der Waals surface area contributed by atoms with E-state index in [4.69, 9.17) is 9.84 Å². The number of aliphatic hydroxyl groups excluding tert-OH is 1. The van der Waals surface area contributed by atoms with E-state index in [2.05, 4.69) is 5.32 Å². The summed E-state index contributed by atoms with van der Waals surface area (Å²) in [7, 11) is 1.54. The minimum absolute atomic E-state index is 0.0379. The van der Waals surface area contributed by atoms with Gasteiger partial charge in [0.1, 0.15) is 5.75 Å². The van der Waals surface area contributed by atoms with E-state index in [9.17, 15) is 4.79 Å². The maximum atomic E-state index is 11.4. The summed E-state index contributed by atoms with van der Waals surface area (Å²) in [5.41, 5.74) is 1.60. The van der Waals surface area contributed by atoms with Crippen molar-refractivity contribution >= 4 is 11.6 Å². The summed E-state index contributed by atoms with van der Waals surface area (Å²) >= 11 is 0. The van der Waals surface area contributed by atoms with Crippen LogP contribution in [-0.4, -0.2) is 18.1 Å². The minimum atomic E-state index is -0.385. The van der Waals surface area contributed by atoms with Gasteiger partial charge in [-0.3, -0.25) is 4.79 Å². The van der Waals surface area contributed by atoms with Gasteiger partial charge in [-0.1, -0.05) is 6.07 Å². The van der Waals surface area contributed by atoms with Gasteiger partial charge >= 0.3 is 0 Å². The van der Waals surface area contributed by atoms with Crippen molar-refractivity contribution in [1.29, 1.82) is 0 Å². The summed E-state index contributed by atoms with van der Waals surface area (Å²) in [4.78, 5) is 11.4. The maximum Gasteiger partial charge on any atom is 0.251 e. The first-order valence-corrected chi connectivity index (χ1v) is 4.86. The van der Waals surface area contributed by atoms with Crippen molar-refractivity contribution in [1.82, 2.24) is 0 Å². The van der Waals surface area contributed by atoms with Gasteiger partial charge in [-0.05, 0) is 31.5 Å². The molecule has 0 radical (unpaired) electrons. The average Bonchev–Trinajstić information content (AvgIpc) is 2.16. The number of methoxy groups -OCH3 is 1. The van der Waals surface area contributed by atoms with Crippen LogP contribution in [0.25, 0.3) is 0 Å². The number of aryl methyl sites for hydroxylation is 1. The predicted molar refractivity (Wildman–Crippen MR) is 62.7 cm³/mol. The molecule has 2 N–H and O–H groups in total. The molecule has 1 amide bonds. The Hall–Kier alpha value is -1.97. The fourth-order valence-electron chi connectivity index (χ4n) is 1.28. The molecule has 0 spiro atoms. The summed E-state index contributed by atoms with van der Waals surface area (Å²) in [6.45, 7) is 3.36. The molecule has 4 nitrogen and oxygen atoms in total. The third-order valence-electron chi connectivity index (χ3n) is 1.95. The number of allylic oxidation sites excluding steroid dienone is 1. The van der Waals surface area contributed by atoms with E-state index in [1.807, 2.05) is 13.0 Å². The van der Waals surface area contributed by atoms with Crippen molar-refractivity contribution in [2.24, 2.45) is 0 Å². The SMILES string of the molecule is COc1ccc(C)cc1NC(=O)/C=C(/C)O. The van der Waals surface area contributed by atoms with Gasteiger partial charge in [0, 0.05) is 6.08 Å². The van der Waals surface area contributed by atoms with Crippen LogP contribution >= 0.6 is 0 Å². The van der Waals surface area contributed by atoms with Gasteiger partial charge in [-0.2, -0.15) is 0 Å². The summed E-state index contributed by atoms with van der Waals surface area (Å²) in [6.07, 6.45) is 1.11. The second-order valence-corrected chi connectivity index (χ2v) is 3.48. The zero-order chi connectivity index (χ0) is 12.1. The van der Waals surface area contributed by atoms with Crippen molar-refractivity contribution in [2.75, 3.05) is 12.4 Å². The monoisotopic (exact) mass is 221 g/mol. The van der Waals surface area contributed by atoms with Gasteiger partial charge in [-0.15, -0.1) is 0 Å². The fraction of sp³-hybridized carbons (Fsp3) is 0.250. The van der Waals surface area contributed by atoms with Gasteiger partial charge in [0.05, 0.1) is 18.6 Å². The number of amides is 1. The molecule has 0 aliphatic rings. The van der Waals surface area contributed by atoms with Crippen molar-refractivity contribution < 1.29 is 14.6 Å². The Kier molecular flexibility index (Phi) is 3.94. The van der Waals surface area contributed by atoms with Gasteiger partial charge in [-0.25, -0.2) is 0 Å². The van der Waals surface area contributed by atoms with Crippen LogP contribution in [0, 0.1) is 6.92 Å². The number of aliphatic hydroxyl groups is 1. The normalized spacial score (nSPS) is 11.1. The van der Waals surface area contributed by atoms with E-state index in [0.29, 0.717) is 11.4 Å². The van der Waals surface area contributed by atoms with E-state index >= 15 is 0 Å². The molecular weight excluding hydrogens is 206 g/mol. The number of rotatable bonds is 3. The van der Waals surface area contributed by atoms with Crippen LogP contribution in [0.2, 0.25) is 0 Å². The first-order valence-electron chi connectivity index (χ1n) is 4.86. The van der Waals surface area contributed by atoms with Gasteiger partial charge in [0.15, 0.2) is 0 Å². The van der Waals surface area contributed by atoms with Crippen molar-refractivity contribution in [3.05, 3.63) is 35.6 Å². The van der Waals surface area contributed by atoms with Crippen LogP contribution in [-0.2, 0) is 4.79 Å². The Labute approximate surface area is 94.6 Å². The molecule has 86 valence electrons. The highest BCUT2D eigenvalue weighted by molar-refractivity contribution is 6.00. The lowest BCUT2D eigenvalue weighted by Gasteiger charge is -2.09. The molecule has 0 unspecified atom stereocenters. The Morgan fingerprint density at radius 1 is 1.50 bits per heavy atom. The summed E-state index contributed by atoms with van der Waals surface area (Å²) < 4.78 is 5.11. The number of ether oxygens (including phenoxy) is 1. The standard InChI is InChI=1S/C12H15NO3/c1-8-4-5-11(16-3)10(6-8)13-12(15)7-9(2)14/h4-7,14H,1-3H3,(H,13,15)/b9-7-. The molecule has 0 atom stereocenters. The Morgan fingerprint density at radius 3 is 2.75 bits per heavy atom. The lowest BCUT2D eigenvalue weighted by Crippen LogP contribution is -2.09. The average molecular weight is 221 g/mol. The first-order chi connectivity index (χ1) is 7.52. The van der Waals surface area contributed by atoms with Crippen molar-refractivity contribution in [3.8, 4) is 5.75 Å². The quantitative estimate of drug-likeness (QED) is 0.608. The van der Waals surface area contributed by atoms with Gasteiger partial charge < -0.3 is 15.2 Å². The van der Waals surface area contributed by atoms with Gasteiger partial charge in [0.25, 0.3) is 5.91 Å². The van der Waals surface area contributed by atoms with E-state index in [1.54, 1.807) is 12.1 Å². The molecule has 1 rings (SSSR count). The molecule has 1 aromatic carbocycles. The molecule has 0 aliphatic carbocycles. The lowest BCUT2D eigenvalue weighted by atomic mass is 10.2. The molecule has 1 aromatic rings. The first kappa shape index (κ1) is 12.1. The van der Waals surface area contributed by atoms with Crippen LogP contribution < -0.4 is 10.1 Å². The lowest BCUT2D eigenvalue weighted by molar-refractivity contribution is -0.112. The molecule has 16 heavy (non-hydrogen) atoms. The van der Waals surface area contributed by atoms with Gasteiger partial charge in [0.2, 0.25) is 0 Å². The third kappa shape index (κ3) is 3.31. The summed E-state index contributed by atoms with van der Waals surface area (Å²) in [5.74, 6) is 0.163. The van der Waals surface area contributed by atoms with Crippen LogP contribution in [0.1, 0.15) is 12.5 Å². The minimum Gasteiger partial charge on any atom is -0.512 e. The Bertz CT molecular complexity index is 420. The maximum absolute atomic E-state index is 11.4. The fourth-order valence-corrected chi connectivity index (χ4v) is 1.28. The van der Waals surface area contributed by atoms with Crippen molar-refractivity contribution in [2.45, 2.75) is 13.8 Å². The van der Waals surface area contributed by atoms with E-state index in [1.165, 1.54) is 14.0 Å². The number of hydrogen-bond donors (Lipinski definition) is 2. The van der Waals surface area contributed by atoms with Crippen LogP contribution in [0.15, 0.2) is 30.0 Å². The molecule has 0 saturated heterocycles. The summed E-state index contributed by atoms with van der Waals surface area (Å²) in [6, 6.07) is 5.47. The number of nitrogens with one attached hydrogen (secondary N) is 1. The molecule has 0 bridgehead atoms. The highest BCUT2D eigenvalue weighted by atomic mass is 16.5. The molecule has 4 heteroatoms. The second-order valence-electron chi connectivity index (χ2n) is 3.48. The third-order valence-corrected chi connectivity index (χ3v) is 1.95. The molecule has 0 saturated carbocycles. The van der Waals surface area contributed by atoms with Crippen LogP contribution in [0.4, 0.5) is 5.69 Å². The Balaban J connectivity index is 2.91. The zero-order valence-electron chi connectivity index (χ0n) is 9.57. The smallest absolute Gasteiger partial charge is 0.251 e. The van der Waals surface area contributed by atoms with E-state index < -0.39 is 0 Å². The number of benzene rings is 1. The van der Waals surface area contributed by atoms with Crippen LogP contribution in [0.5, 0.6) is 5.75 Å². The molecule has 0 aliphatic heterocycles. The highest BCUT2D eigenvalue weighted by Crippen LogP contribution is 2.25. The molecule has 0 fully saturated rings. The number of anilines is 1. The predicted octanol–water partition coefficient (Wildman–Crippen LogP) is 2.40. The van der Waals surface area contributed by atoms with Crippen molar-refractivity contribution in [3.63, 3.8) is 0 Å². The van der Waals surface area contributed by atoms with E-state index in [-0.39, 0.29) is 11.7 Å². The number of carbonyl (C=O) groups excluding carboxylic acids is 1.